The zero-order valence-electron chi connectivity index (χ0n) is 15.9. The molecule has 2 aromatic rings. The summed E-state index contributed by atoms with van der Waals surface area (Å²) >= 11 is 5.91. The summed E-state index contributed by atoms with van der Waals surface area (Å²) in [6, 6.07) is 12.1. The Morgan fingerprint density at radius 2 is 1.76 bits per heavy atom. The molecule has 0 spiro atoms. The van der Waals surface area contributed by atoms with E-state index in [1.807, 2.05) is 24.3 Å². The highest BCUT2D eigenvalue weighted by molar-refractivity contribution is 6.30. The number of carbonyl (C=O) groups is 2. The fraction of sp³-hybridized carbons (Fsp3) is 0.300. The maximum atomic E-state index is 12.4. The third kappa shape index (κ3) is 4.83. The molecule has 1 N–H and O–H groups in total. The summed E-state index contributed by atoms with van der Waals surface area (Å²) in [4.78, 5) is 39.3. The fourth-order valence-electron chi connectivity index (χ4n) is 3.31. The molecule has 2 aromatic carbocycles. The SMILES string of the molecule is Cc1cccc(C(=O)NCC(=O)N2CCN(c3ccc(Cl)cc3)CC2)c1[N+](=O)[O-]. The Bertz CT molecular complexity index is 925. The van der Waals surface area contributed by atoms with Crippen LogP contribution < -0.4 is 10.2 Å². The summed E-state index contributed by atoms with van der Waals surface area (Å²) in [6.45, 7) is 3.77. The van der Waals surface area contributed by atoms with Gasteiger partial charge in [0, 0.05) is 42.5 Å². The summed E-state index contributed by atoms with van der Waals surface area (Å²) < 4.78 is 0. The van der Waals surface area contributed by atoms with Gasteiger partial charge in [0.05, 0.1) is 11.5 Å². The number of aryl methyl sites for hydroxylation is 1. The van der Waals surface area contributed by atoms with Crippen LogP contribution in [0.2, 0.25) is 5.02 Å². The largest absolute Gasteiger partial charge is 0.368 e. The number of nitro benzene ring substituents is 1. The molecule has 0 saturated carbocycles. The Hall–Kier alpha value is -3.13. The van der Waals surface area contributed by atoms with E-state index in [9.17, 15) is 19.7 Å². The van der Waals surface area contributed by atoms with Gasteiger partial charge in [0.1, 0.15) is 5.56 Å². The number of nitrogens with zero attached hydrogens (tertiary/aromatic N) is 3. The quantitative estimate of drug-likeness (QED) is 0.597. The van der Waals surface area contributed by atoms with Gasteiger partial charge in [0.2, 0.25) is 5.91 Å². The van der Waals surface area contributed by atoms with Crippen molar-refractivity contribution >= 4 is 34.8 Å². The van der Waals surface area contributed by atoms with Crippen LogP contribution in [0.3, 0.4) is 0 Å². The molecule has 2 amide bonds. The van der Waals surface area contributed by atoms with Gasteiger partial charge in [-0.3, -0.25) is 19.7 Å². The van der Waals surface area contributed by atoms with Gasteiger partial charge < -0.3 is 15.1 Å². The zero-order chi connectivity index (χ0) is 21.0. The lowest BCUT2D eigenvalue weighted by Crippen LogP contribution is -2.51. The minimum absolute atomic E-state index is 0.0460. The molecule has 152 valence electrons. The molecule has 0 atom stereocenters. The highest BCUT2D eigenvalue weighted by Crippen LogP contribution is 2.23. The summed E-state index contributed by atoms with van der Waals surface area (Å²) in [5.74, 6) is -0.849. The maximum Gasteiger partial charge on any atom is 0.285 e. The van der Waals surface area contributed by atoms with Crippen LogP contribution >= 0.6 is 11.6 Å². The van der Waals surface area contributed by atoms with E-state index in [-0.39, 0.29) is 23.7 Å². The number of piperazine rings is 1. The first-order valence-corrected chi connectivity index (χ1v) is 9.55. The van der Waals surface area contributed by atoms with Gasteiger partial charge in [-0.1, -0.05) is 23.7 Å². The van der Waals surface area contributed by atoms with Gasteiger partial charge in [-0.15, -0.1) is 0 Å². The third-order valence-corrected chi connectivity index (χ3v) is 5.14. The molecule has 0 aliphatic carbocycles. The van der Waals surface area contributed by atoms with Crippen molar-refractivity contribution in [2.24, 2.45) is 0 Å². The standard InChI is InChI=1S/C20H21ClN4O4/c1-14-3-2-4-17(19(14)25(28)29)20(27)22-13-18(26)24-11-9-23(10-12-24)16-7-5-15(21)6-8-16/h2-8H,9-13H2,1H3,(H,22,27). The molecule has 3 rings (SSSR count). The summed E-state index contributed by atoms with van der Waals surface area (Å²) in [6.07, 6.45) is 0. The summed E-state index contributed by atoms with van der Waals surface area (Å²) in [5, 5.41) is 14.4. The number of anilines is 1. The van der Waals surface area contributed by atoms with Crippen LogP contribution in [0.15, 0.2) is 42.5 Å². The molecule has 1 aliphatic heterocycles. The lowest BCUT2D eigenvalue weighted by atomic mass is 10.1. The van der Waals surface area contributed by atoms with Gasteiger partial charge in [0.15, 0.2) is 0 Å². The van der Waals surface area contributed by atoms with Crippen molar-refractivity contribution in [2.75, 3.05) is 37.6 Å². The molecule has 1 aliphatic rings. The van der Waals surface area contributed by atoms with Gasteiger partial charge in [-0.25, -0.2) is 0 Å². The van der Waals surface area contributed by atoms with Crippen LogP contribution in [-0.4, -0.2) is 54.4 Å². The second-order valence-corrected chi connectivity index (χ2v) is 7.19. The average molecular weight is 417 g/mol. The van der Waals surface area contributed by atoms with Crippen molar-refractivity contribution in [3.05, 3.63) is 68.7 Å². The normalized spacial score (nSPS) is 13.9. The molecule has 0 bridgehead atoms. The van der Waals surface area contributed by atoms with E-state index in [1.54, 1.807) is 24.0 Å². The van der Waals surface area contributed by atoms with Crippen LogP contribution in [0.4, 0.5) is 11.4 Å². The van der Waals surface area contributed by atoms with Crippen LogP contribution in [-0.2, 0) is 4.79 Å². The number of nitro groups is 1. The first-order valence-electron chi connectivity index (χ1n) is 9.17. The van der Waals surface area contributed by atoms with Crippen molar-refractivity contribution in [3.63, 3.8) is 0 Å². The van der Waals surface area contributed by atoms with Gasteiger partial charge in [0.25, 0.3) is 11.6 Å². The van der Waals surface area contributed by atoms with Crippen molar-refractivity contribution < 1.29 is 14.5 Å². The molecule has 9 heteroatoms. The van der Waals surface area contributed by atoms with Crippen LogP contribution in [0.1, 0.15) is 15.9 Å². The molecular formula is C20H21ClN4O4. The van der Waals surface area contributed by atoms with Crippen molar-refractivity contribution in [2.45, 2.75) is 6.92 Å². The van der Waals surface area contributed by atoms with E-state index in [4.69, 9.17) is 11.6 Å². The monoisotopic (exact) mass is 416 g/mol. The van der Waals surface area contributed by atoms with E-state index in [1.165, 1.54) is 6.07 Å². The molecule has 29 heavy (non-hydrogen) atoms. The Labute approximate surface area is 173 Å². The Balaban J connectivity index is 1.54. The van der Waals surface area contributed by atoms with Crippen LogP contribution in [0.5, 0.6) is 0 Å². The highest BCUT2D eigenvalue weighted by Gasteiger charge is 2.25. The third-order valence-electron chi connectivity index (χ3n) is 4.89. The van der Waals surface area contributed by atoms with Crippen LogP contribution in [0.25, 0.3) is 0 Å². The lowest BCUT2D eigenvalue weighted by Gasteiger charge is -2.36. The first-order chi connectivity index (χ1) is 13.9. The number of hydrogen-bond donors (Lipinski definition) is 1. The fourth-order valence-corrected chi connectivity index (χ4v) is 3.44. The van der Waals surface area contributed by atoms with E-state index in [2.05, 4.69) is 10.2 Å². The smallest absolute Gasteiger partial charge is 0.285 e. The molecule has 0 unspecified atom stereocenters. The molecule has 0 radical (unpaired) electrons. The molecular weight excluding hydrogens is 396 g/mol. The number of hydrogen-bond acceptors (Lipinski definition) is 5. The lowest BCUT2D eigenvalue weighted by molar-refractivity contribution is -0.385. The van der Waals surface area contributed by atoms with E-state index in [0.29, 0.717) is 36.8 Å². The number of para-hydroxylation sites is 1. The van der Waals surface area contributed by atoms with E-state index < -0.39 is 10.8 Å². The van der Waals surface area contributed by atoms with Crippen molar-refractivity contribution in [1.82, 2.24) is 10.2 Å². The summed E-state index contributed by atoms with van der Waals surface area (Å²) in [7, 11) is 0. The molecule has 8 nitrogen and oxygen atoms in total. The summed E-state index contributed by atoms with van der Waals surface area (Å²) in [5.41, 5.74) is 1.15. The number of amides is 2. The number of halogens is 1. The molecule has 1 fully saturated rings. The van der Waals surface area contributed by atoms with Gasteiger partial charge in [-0.05, 0) is 37.3 Å². The number of benzene rings is 2. The van der Waals surface area contributed by atoms with Gasteiger partial charge >= 0.3 is 0 Å². The Morgan fingerprint density at radius 3 is 2.38 bits per heavy atom. The predicted molar refractivity (Wildman–Crippen MR) is 110 cm³/mol. The molecule has 1 saturated heterocycles. The maximum absolute atomic E-state index is 12.4. The minimum Gasteiger partial charge on any atom is -0.368 e. The van der Waals surface area contributed by atoms with Crippen LogP contribution in [0, 0.1) is 17.0 Å². The Kier molecular flexibility index (Phi) is 6.33. The second-order valence-electron chi connectivity index (χ2n) is 6.76. The number of rotatable bonds is 5. The van der Waals surface area contributed by atoms with Gasteiger partial charge in [-0.2, -0.15) is 0 Å². The molecule has 1 heterocycles. The Morgan fingerprint density at radius 1 is 1.10 bits per heavy atom. The number of carbonyl (C=O) groups excluding carboxylic acids is 2. The van der Waals surface area contributed by atoms with E-state index in [0.717, 1.165) is 5.69 Å². The van der Waals surface area contributed by atoms with E-state index >= 15 is 0 Å². The minimum atomic E-state index is -0.631. The predicted octanol–water partition coefficient (Wildman–Crippen LogP) is 2.64. The molecule has 0 aromatic heterocycles. The van der Waals surface area contributed by atoms with Crippen molar-refractivity contribution in [1.29, 1.82) is 0 Å². The average Bonchev–Trinajstić information content (AvgIpc) is 2.72. The highest BCUT2D eigenvalue weighted by atomic mass is 35.5. The topological polar surface area (TPSA) is 95.8 Å². The second kappa shape index (κ2) is 8.91. The van der Waals surface area contributed by atoms with Crippen molar-refractivity contribution in [3.8, 4) is 0 Å². The zero-order valence-corrected chi connectivity index (χ0v) is 16.7. The number of nitrogens with one attached hydrogen (secondary N) is 1. The first kappa shape index (κ1) is 20.6.